The minimum absolute atomic E-state index is 0.0539. The van der Waals surface area contributed by atoms with Gasteiger partial charge in [-0.25, -0.2) is 4.90 Å². The molecule has 1 nitrogen and oxygen atoms in total. The smallest absolute Gasteiger partial charge is 0.214 e. The van der Waals surface area contributed by atoms with Crippen LogP contribution in [0.3, 0.4) is 0 Å². The Labute approximate surface area is 71.6 Å². The van der Waals surface area contributed by atoms with E-state index in [1.807, 2.05) is 0 Å². The van der Waals surface area contributed by atoms with Crippen molar-refractivity contribution in [2.24, 2.45) is 5.92 Å². The van der Waals surface area contributed by atoms with E-state index in [9.17, 15) is 13.2 Å². The van der Waals surface area contributed by atoms with Crippen molar-refractivity contribution >= 4 is 0 Å². The normalized spacial score (nSPS) is 13.0. The number of hydrogen-bond donors (Lipinski definition) is 0. The van der Waals surface area contributed by atoms with E-state index in [4.69, 9.17) is 0 Å². The molecule has 74 valence electrons. The molecule has 12 heavy (non-hydrogen) atoms. The van der Waals surface area contributed by atoms with Crippen LogP contribution in [0.4, 0.5) is 13.2 Å². The lowest BCUT2D eigenvalue weighted by atomic mass is 10.2. The molecule has 0 aromatic carbocycles. The highest BCUT2D eigenvalue weighted by Crippen LogP contribution is 2.22. The van der Waals surface area contributed by atoms with Gasteiger partial charge < -0.3 is 0 Å². The summed E-state index contributed by atoms with van der Waals surface area (Å²) in [6.07, 6.45) is -3.63. The highest BCUT2D eigenvalue weighted by Gasteiger charge is 2.36. The van der Waals surface area contributed by atoms with E-state index in [2.05, 4.69) is 0 Å². The fraction of sp³-hybridized carbons (Fsp3) is 1.00. The topological polar surface area (TPSA) is 3.24 Å². The first-order chi connectivity index (χ1) is 5.38. The highest BCUT2D eigenvalue weighted by atomic mass is 19.4. The summed E-state index contributed by atoms with van der Waals surface area (Å²) in [5, 5.41) is 0. The second kappa shape index (κ2) is 4.70. The average Bonchev–Trinajstić information content (AvgIpc) is 1.83. The third-order valence-corrected chi connectivity index (χ3v) is 1.44. The first-order valence-electron chi connectivity index (χ1n) is 4.19. The molecule has 0 spiro atoms. The Morgan fingerprint density at radius 3 is 2.00 bits per heavy atom. The van der Waals surface area contributed by atoms with Gasteiger partial charge in [0, 0.05) is 13.1 Å². The monoisotopic (exact) mass is 183 g/mol. The van der Waals surface area contributed by atoms with Crippen molar-refractivity contribution in [2.45, 2.75) is 33.5 Å². The van der Waals surface area contributed by atoms with Crippen LogP contribution in [0.1, 0.15) is 27.2 Å². The molecule has 0 N–H and O–H groups in total. The van der Waals surface area contributed by atoms with Gasteiger partial charge in [-0.05, 0) is 12.3 Å². The number of rotatable bonds is 4. The Morgan fingerprint density at radius 1 is 1.25 bits per heavy atom. The van der Waals surface area contributed by atoms with Crippen molar-refractivity contribution in [1.29, 1.82) is 0 Å². The molecular weight excluding hydrogens is 167 g/mol. The molecule has 0 bridgehead atoms. The van der Waals surface area contributed by atoms with Crippen LogP contribution < -0.4 is 0 Å². The van der Waals surface area contributed by atoms with Gasteiger partial charge in [0.2, 0.25) is 0 Å². The van der Waals surface area contributed by atoms with Gasteiger partial charge in [-0.2, -0.15) is 13.2 Å². The summed E-state index contributed by atoms with van der Waals surface area (Å²) in [7, 11) is 0. The summed E-state index contributed by atoms with van der Waals surface area (Å²) in [6, 6.07) is 0. The SMILES string of the molecule is CCCN(CC(C)C)C(F)(F)F. The van der Waals surface area contributed by atoms with Crippen LogP contribution in [0.15, 0.2) is 0 Å². The van der Waals surface area contributed by atoms with Crippen LogP contribution in [0.25, 0.3) is 0 Å². The Balaban J connectivity index is 4.04. The minimum atomic E-state index is -4.17. The van der Waals surface area contributed by atoms with Gasteiger partial charge in [0.15, 0.2) is 0 Å². The molecule has 0 rings (SSSR count). The Morgan fingerprint density at radius 2 is 1.75 bits per heavy atom. The largest absolute Gasteiger partial charge is 0.459 e. The number of nitrogens with zero attached hydrogens (tertiary/aromatic N) is 1. The molecule has 0 fully saturated rings. The third-order valence-electron chi connectivity index (χ3n) is 1.44. The van der Waals surface area contributed by atoms with Crippen LogP contribution in [0.5, 0.6) is 0 Å². The van der Waals surface area contributed by atoms with Gasteiger partial charge in [-0.1, -0.05) is 20.8 Å². The zero-order chi connectivity index (χ0) is 9.78. The fourth-order valence-corrected chi connectivity index (χ4v) is 1.03. The lowest BCUT2D eigenvalue weighted by Gasteiger charge is -2.25. The van der Waals surface area contributed by atoms with E-state index in [0.29, 0.717) is 11.3 Å². The summed E-state index contributed by atoms with van der Waals surface area (Å²) < 4.78 is 36.6. The van der Waals surface area contributed by atoms with Crippen molar-refractivity contribution in [2.75, 3.05) is 13.1 Å². The van der Waals surface area contributed by atoms with Crippen molar-refractivity contribution in [1.82, 2.24) is 4.90 Å². The summed E-state index contributed by atoms with van der Waals surface area (Å²) in [5.41, 5.74) is 0. The summed E-state index contributed by atoms with van der Waals surface area (Å²) >= 11 is 0. The van der Waals surface area contributed by atoms with Crippen LogP contribution >= 0.6 is 0 Å². The molecular formula is C8H16F3N. The predicted molar refractivity (Wildman–Crippen MR) is 42.8 cm³/mol. The molecule has 0 atom stereocenters. The molecule has 4 heteroatoms. The first kappa shape index (κ1) is 11.8. The second-order valence-corrected chi connectivity index (χ2v) is 3.31. The molecule has 0 aliphatic heterocycles. The van der Waals surface area contributed by atoms with E-state index in [0.717, 1.165) is 0 Å². The Hall–Kier alpha value is -0.250. The van der Waals surface area contributed by atoms with Gasteiger partial charge >= 0.3 is 6.30 Å². The summed E-state index contributed by atoms with van der Waals surface area (Å²) in [6.45, 7) is 5.51. The Kier molecular flexibility index (Phi) is 4.60. The van der Waals surface area contributed by atoms with E-state index in [-0.39, 0.29) is 19.0 Å². The van der Waals surface area contributed by atoms with Crippen molar-refractivity contribution in [3.63, 3.8) is 0 Å². The van der Waals surface area contributed by atoms with Crippen LogP contribution in [-0.2, 0) is 0 Å². The maximum Gasteiger partial charge on any atom is 0.459 e. The van der Waals surface area contributed by atoms with Crippen LogP contribution in [0.2, 0.25) is 0 Å². The van der Waals surface area contributed by atoms with E-state index >= 15 is 0 Å². The van der Waals surface area contributed by atoms with Crippen LogP contribution in [-0.4, -0.2) is 24.3 Å². The van der Waals surface area contributed by atoms with E-state index in [1.165, 1.54) is 0 Å². The maximum absolute atomic E-state index is 12.2. The quantitative estimate of drug-likeness (QED) is 0.606. The maximum atomic E-state index is 12.2. The van der Waals surface area contributed by atoms with Crippen LogP contribution in [0, 0.1) is 5.92 Å². The molecule has 0 aromatic heterocycles. The highest BCUT2D eigenvalue weighted by molar-refractivity contribution is 4.61. The van der Waals surface area contributed by atoms with Gasteiger partial charge in [-0.15, -0.1) is 0 Å². The summed E-state index contributed by atoms with van der Waals surface area (Å²) in [5.74, 6) is 0.0539. The van der Waals surface area contributed by atoms with Gasteiger partial charge in [0.1, 0.15) is 0 Å². The standard InChI is InChI=1S/C8H16F3N/c1-4-5-12(6-7(2)3)8(9,10)11/h7H,4-6H2,1-3H3. The molecule has 0 saturated heterocycles. The average molecular weight is 183 g/mol. The molecule has 0 saturated carbocycles. The van der Waals surface area contributed by atoms with E-state index < -0.39 is 6.30 Å². The minimum Gasteiger partial charge on any atom is -0.214 e. The van der Waals surface area contributed by atoms with Gasteiger partial charge in [-0.3, -0.25) is 0 Å². The number of halogens is 3. The zero-order valence-electron chi connectivity index (χ0n) is 7.78. The molecule has 0 heterocycles. The number of hydrogen-bond acceptors (Lipinski definition) is 1. The lowest BCUT2D eigenvalue weighted by Crippen LogP contribution is -2.40. The van der Waals surface area contributed by atoms with E-state index in [1.54, 1.807) is 20.8 Å². The second-order valence-electron chi connectivity index (χ2n) is 3.31. The number of alkyl halides is 3. The van der Waals surface area contributed by atoms with Gasteiger partial charge in [0.05, 0.1) is 0 Å². The Bertz CT molecular complexity index is 120. The van der Waals surface area contributed by atoms with Crippen molar-refractivity contribution < 1.29 is 13.2 Å². The fourth-order valence-electron chi connectivity index (χ4n) is 1.03. The first-order valence-corrected chi connectivity index (χ1v) is 4.19. The molecule has 0 unspecified atom stereocenters. The summed E-state index contributed by atoms with van der Waals surface area (Å²) in [4.78, 5) is 0.567. The molecule has 0 radical (unpaired) electrons. The zero-order valence-corrected chi connectivity index (χ0v) is 7.78. The molecule has 0 amide bonds. The molecule has 0 aromatic rings. The lowest BCUT2D eigenvalue weighted by molar-refractivity contribution is -0.247. The third kappa shape index (κ3) is 4.59. The van der Waals surface area contributed by atoms with Gasteiger partial charge in [0.25, 0.3) is 0 Å². The predicted octanol–water partition coefficient (Wildman–Crippen LogP) is 2.87. The molecule has 0 aliphatic rings. The molecule has 0 aliphatic carbocycles. The van der Waals surface area contributed by atoms with Crippen molar-refractivity contribution in [3.05, 3.63) is 0 Å². The van der Waals surface area contributed by atoms with Crippen molar-refractivity contribution in [3.8, 4) is 0 Å².